The Morgan fingerprint density at radius 1 is 1.06 bits per heavy atom. The fraction of sp³-hybridized carbons (Fsp3) is 0.263. The Labute approximate surface area is 211 Å². The van der Waals surface area contributed by atoms with E-state index in [1.54, 1.807) is 24.3 Å². The van der Waals surface area contributed by atoms with E-state index in [2.05, 4.69) is 56.5 Å². The van der Waals surface area contributed by atoms with Crippen molar-refractivity contribution in [2.24, 2.45) is 0 Å². The van der Waals surface area contributed by atoms with Gasteiger partial charge in [-0.1, -0.05) is 35.0 Å². The van der Waals surface area contributed by atoms with Crippen molar-refractivity contribution in [3.05, 3.63) is 51.9 Å². The van der Waals surface area contributed by atoms with Gasteiger partial charge in [-0.15, -0.1) is 0 Å². The van der Waals surface area contributed by atoms with Crippen molar-refractivity contribution in [3.63, 3.8) is 0 Å². The molecule has 10 nitrogen and oxygen atoms in total. The summed E-state index contributed by atoms with van der Waals surface area (Å²) in [5.41, 5.74) is 0.440. The number of rotatable bonds is 11. The monoisotopic (exact) mass is 592 g/mol. The number of hydrogen-bond acceptors (Lipinski definition) is 8. The third-order valence-electron chi connectivity index (χ3n) is 3.49. The minimum atomic E-state index is -4.44. The molecule has 170 valence electrons. The normalized spacial score (nSPS) is 14.8. The zero-order valence-corrected chi connectivity index (χ0v) is 20.4. The first-order valence-corrected chi connectivity index (χ1v) is 11.9. The Balaban J connectivity index is 1.93. The zero-order valence-electron chi connectivity index (χ0n) is 22.4. The van der Waals surface area contributed by atoms with Gasteiger partial charge in [0, 0.05) is 26.1 Å². The van der Waals surface area contributed by atoms with Crippen molar-refractivity contribution >= 4 is 47.9 Å². The third kappa shape index (κ3) is 7.08. The highest BCUT2D eigenvalue weighted by Gasteiger charge is 2.19. The average Bonchev–Trinajstić information content (AvgIpc) is 2.81. The summed E-state index contributed by atoms with van der Waals surface area (Å²) >= 11 is 6.29. The van der Waals surface area contributed by atoms with Crippen molar-refractivity contribution < 1.29 is 26.1 Å². The molecule has 3 aromatic rings. The molecule has 0 aliphatic heterocycles. The van der Waals surface area contributed by atoms with E-state index in [0.717, 1.165) is 10.8 Å². The van der Waals surface area contributed by atoms with Crippen LogP contribution in [0.15, 0.2) is 51.9 Å². The van der Waals surface area contributed by atoms with Crippen molar-refractivity contribution in [2.75, 3.05) is 24.4 Å². The van der Waals surface area contributed by atoms with Gasteiger partial charge in [0.1, 0.15) is 19.5 Å². The van der Waals surface area contributed by atoms with Crippen LogP contribution in [0.5, 0.6) is 11.9 Å². The van der Waals surface area contributed by atoms with Crippen LogP contribution < -0.4 is 18.9 Å². The number of aromatic nitrogens is 4. The maximum absolute atomic E-state index is 12.6. The topological polar surface area (TPSA) is 128 Å². The van der Waals surface area contributed by atoms with E-state index in [-0.39, 0.29) is 40.5 Å². The second-order valence-corrected chi connectivity index (χ2v) is 8.85. The summed E-state index contributed by atoms with van der Waals surface area (Å²) in [5.74, 6) is -0.475. The largest absolute Gasteiger partial charge is 0.473 e. The summed E-state index contributed by atoms with van der Waals surface area (Å²) in [6.07, 6.45) is 0.106. The molecular weight excluding hydrogens is 568 g/mol. The first-order valence-electron chi connectivity index (χ1n) is 11.9. The zero-order chi connectivity index (χ0) is 28.3. The highest BCUT2D eigenvalue weighted by molar-refractivity contribution is 9.10. The van der Waals surface area contributed by atoms with Crippen molar-refractivity contribution in [1.82, 2.24) is 24.7 Å². The second-order valence-electron chi connectivity index (χ2n) is 5.73. The van der Waals surface area contributed by atoms with Gasteiger partial charge in [0.2, 0.25) is 5.88 Å². The fourth-order valence-electron chi connectivity index (χ4n) is 2.23. The lowest BCUT2D eigenvalue weighted by Crippen LogP contribution is -2.31. The Morgan fingerprint density at radius 2 is 1.78 bits per heavy atom. The van der Waals surface area contributed by atoms with Crippen molar-refractivity contribution in [3.8, 4) is 23.0 Å². The van der Waals surface area contributed by atoms with Crippen LogP contribution in [0.1, 0.15) is 21.6 Å². The minimum absolute atomic E-state index is 0.0123. The van der Waals surface area contributed by atoms with Crippen LogP contribution in [0.2, 0.25) is 0 Å². The number of benzene rings is 1. The van der Waals surface area contributed by atoms with E-state index < -0.39 is 35.9 Å². The van der Waals surface area contributed by atoms with Gasteiger partial charge in [0.25, 0.3) is 10.2 Å². The summed E-state index contributed by atoms with van der Waals surface area (Å²) < 4.78 is 87.8. The lowest BCUT2D eigenvalue weighted by atomic mass is 10.1. The Bertz CT molecular complexity index is 1400. The average molecular weight is 594 g/mol. The molecule has 13 heteroatoms. The van der Waals surface area contributed by atoms with Crippen LogP contribution in [-0.4, -0.2) is 48.0 Å². The molecule has 2 aromatic heterocycles. The van der Waals surface area contributed by atoms with E-state index in [1.165, 1.54) is 6.92 Å². The molecule has 1 aromatic carbocycles. The van der Waals surface area contributed by atoms with Gasteiger partial charge in [-0.25, -0.2) is 19.9 Å². The molecule has 0 saturated heterocycles. The van der Waals surface area contributed by atoms with Gasteiger partial charge in [-0.3, -0.25) is 4.72 Å². The molecule has 3 rings (SSSR count). The molecule has 0 amide bonds. The number of nitrogens with one attached hydrogen (secondary N) is 2. The molecule has 0 spiro atoms. The van der Waals surface area contributed by atoms with E-state index in [9.17, 15) is 8.42 Å². The third-order valence-corrected chi connectivity index (χ3v) is 5.25. The molecule has 0 saturated carbocycles. The molecular formula is C19H20Br2N6O4S. The lowest BCUT2D eigenvalue weighted by Gasteiger charge is -2.15. The molecule has 0 unspecified atom stereocenters. The van der Waals surface area contributed by atoms with Gasteiger partial charge in [0.05, 0.1) is 15.5 Å². The van der Waals surface area contributed by atoms with Gasteiger partial charge in [-0.05, 0) is 40.0 Å². The van der Waals surface area contributed by atoms with Gasteiger partial charge < -0.3 is 9.47 Å². The number of anilines is 1. The number of hydrogen-bond donors (Lipinski definition) is 2. The summed E-state index contributed by atoms with van der Waals surface area (Å²) in [6.45, 7) is -4.10. The van der Waals surface area contributed by atoms with Gasteiger partial charge >= 0.3 is 6.01 Å². The van der Waals surface area contributed by atoms with Gasteiger partial charge in [0.15, 0.2) is 5.82 Å². The Kier molecular flexibility index (Phi) is 6.17. The predicted molar refractivity (Wildman–Crippen MR) is 127 cm³/mol. The molecule has 2 heterocycles. The lowest BCUT2D eigenvalue weighted by molar-refractivity contribution is 0.202. The maximum atomic E-state index is 12.6. The van der Waals surface area contributed by atoms with Crippen LogP contribution >= 0.6 is 31.9 Å². The Morgan fingerprint density at radius 3 is 2.47 bits per heavy atom. The molecule has 0 radical (unpaired) electrons. The first-order chi connectivity index (χ1) is 17.6. The predicted octanol–water partition coefficient (Wildman–Crippen LogP) is 3.57. The van der Waals surface area contributed by atoms with Crippen molar-refractivity contribution in [2.45, 2.75) is 13.3 Å². The molecule has 0 fully saturated rings. The van der Waals surface area contributed by atoms with E-state index in [1.807, 2.05) is 4.72 Å². The van der Waals surface area contributed by atoms with E-state index >= 15 is 0 Å². The number of nitrogens with zero attached hydrogens (tertiary/aromatic N) is 4. The standard InChI is InChI=1S/C19H20Br2N6O4S/c1-2-7-26-32(28,29)27-17-16(13-3-5-14(20)6-4-13)18(25-12-24-17)30-8-9-31-19-22-10-15(21)11-23-19/h3-6,10-12,26H,2,7-9H2,1H3,(H,24,25,27)/i7D2,9D2,10D,11D. The molecule has 0 atom stereocenters. The molecule has 0 aliphatic carbocycles. The summed E-state index contributed by atoms with van der Waals surface area (Å²) in [4.78, 5) is 15.3. The smallest absolute Gasteiger partial charge is 0.316 e. The van der Waals surface area contributed by atoms with Crippen LogP contribution in [-0.2, 0) is 10.2 Å². The van der Waals surface area contributed by atoms with Crippen LogP contribution in [0, 0.1) is 0 Å². The van der Waals surface area contributed by atoms with E-state index in [0.29, 0.717) is 5.56 Å². The first kappa shape index (κ1) is 17.2. The molecule has 0 aliphatic rings. The molecule has 2 N–H and O–H groups in total. The number of ether oxygens (including phenoxy) is 2. The van der Waals surface area contributed by atoms with Crippen LogP contribution in [0.4, 0.5) is 5.82 Å². The minimum Gasteiger partial charge on any atom is -0.473 e. The van der Waals surface area contributed by atoms with Crippen molar-refractivity contribution in [1.29, 1.82) is 0 Å². The maximum Gasteiger partial charge on any atom is 0.316 e. The second kappa shape index (κ2) is 11.5. The summed E-state index contributed by atoms with van der Waals surface area (Å²) in [6, 6.07) is 6.00. The summed E-state index contributed by atoms with van der Waals surface area (Å²) in [5, 5.41) is 0. The SMILES string of the molecule is [2H]c1nc(OC([2H])([2H])COc2ncnc(NS(=O)(=O)NC([2H])([2H])CC)c2-c2ccc(Br)cc2)nc([2H])c1Br. The highest BCUT2D eigenvalue weighted by Crippen LogP contribution is 2.34. The number of halogens is 2. The quantitative estimate of drug-likeness (QED) is 0.345. The van der Waals surface area contributed by atoms with E-state index in [4.69, 9.17) is 17.7 Å². The Hall–Kier alpha value is -2.35. The van der Waals surface area contributed by atoms with Gasteiger partial charge in [-0.2, -0.15) is 13.1 Å². The van der Waals surface area contributed by atoms with Crippen LogP contribution in [0.3, 0.4) is 0 Å². The summed E-state index contributed by atoms with van der Waals surface area (Å²) in [7, 11) is -4.44. The highest BCUT2D eigenvalue weighted by atomic mass is 79.9. The van der Waals surface area contributed by atoms with Crippen LogP contribution in [0.25, 0.3) is 11.1 Å². The molecule has 0 bridgehead atoms. The fourth-order valence-corrected chi connectivity index (χ4v) is 3.47. The molecule has 32 heavy (non-hydrogen) atoms.